The lowest BCUT2D eigenvalue weighted by molar-refractivity contribution is 0.0764. The van der Waals surface area contributed by atoms with Crippen LogP contribution in [0.25, 0.3) is 0 Å². The van der Waals surface area contributed by atoms with E-state index in [1.54, 1.807) is 0 Å². The summed E-state index contributed by atoms with van der Waals surface area (Å²) in [7, 11) is 1.83. The Hall–Kier alpha value is -1.58. The lowest BCUT2D eigenvalue weighted by atomic mass is 10.1. The molecular formula is C15H25N3O. The van der Waals surface area contributed by atoms with Crippen molar-refractivity contribution in [1.29, 1.82) is 0 Å². The summed E-state index contributed by atoms with van der Waals surface area (Å²) in [5.74, 6) is 0.863. The van der Waals surface area contributed by atoms with Crippen LogP contribution in [-0.2, 0) is 6.42 Å². The Morgan fingerprint density at radius 1 is 1.26 bits per heavy atom. The highest BCUT2D eigenvalue weighted by atomic mass is 16.2. The van der Waals surface area contributed by atoms with Crippen LogP contribution in [0.2, 0.25) is 0 Å². The maximum atomic E-state index is 12.5. The third-order valence-corrected chi connectivity index (χ3v) is 3.05. The summed E-state index contributed by atoms with van der Waals surface area (Å²) in [5, 5.41) is 3.03. The molecule has 0 aliphatic rings. The highest BCUT2D eigenvalue weighted by Gasteiger charge is 2.15. The van der Waals surface area contributed by atoms with Gasteiger partial charge in [-0.3, -0.25) is 4.79 Å². The van der Waals surface area contributed by atoms with Crippen molar-refractivity contribution < 1.29 is 4.79 Å². The van der Waals surface area contributed by atoms with E-state index >= 15 is 0 Å². The molecule has 1 aromatic heterocycles. The normalized spacial score (nSPS) is 10.3. The second-order valence-corrected chi connectivity index (χ2v) is 4.62. The van der Waals surface area contributed by atoms with Gasteiger partial charge in [-0.15, -0.1) is 0 Å². The molecule has 1 N–H and O–H groups in total. The van der Waals surface area contributed by atoms with Gasteiger partial charge < -0.3 is 10.2 Å². The summed E-state index contributed by atoms with van der Waals surface area (Å²) in [6.45, 7) is 7.76. The number of nitrogens with one attached hydrogen (secondary N) is 1. The molecule has 0 bridgehead atoms. The largest absolute Gasteiger partial charge is 0.373 e. The molecule has 0 aliphatic carbocycles. The third kappa shape index (κ3) is 4.23. The van der Waals surface area contributed by atoms with Crippen molar-refractivity contribution in [3.05, 3.63) is 23.4 Å². The molecule has 19 heavy (non-hydrogen) atoms. The number of carbonyl (C=O) groups excluding carboxylic acids is 1. The zero-order valence-electron chi connectivity index (χ0n) is 12.5. The van der Waals surface area contributed by atoms with Gasteiger partial charge >= 0.3 is 0 Å². The molecule has 1 heterocycles. The third-order valence-electron chi connectivity index (χ3n) is 3.05. The minimum Gasteiger partial charge on any atom is -0.373 e. The molecule has 0 aliphatic heterocycles. The molecule has 0 fully saturated rings. The zero-order valence-corrected chi connectivity index (χ0v) is 12.5. The fraction of sp³-hybridized carbons (Fsp3) is 0.600. The van der Waals surface area contributed by atoms with Crippen molar-refractivity contribution in [2.45, 2.75) is 40.0 Å². The van der Waals surface area contributed by atoms with Gasteiger partial charge in [0.15, 0.2) is 0 Å². The van der Waals surface area contributed by atoms with Gasteiger partial charge in [0.05, 0.1) is 0 Å². The summed E-state index contributed by atoms with van der Waals surface area (Å²) >= 11 is 0. The van der Waals surface area contributed by atoms with E-state index in [-0.39, 0.29) is 5.91 Å². The molecule has 0 saturated carbocycles. The first kappa shape index (κ1) is 15.5. The van der Waals surface area contributed by atoms with Crippen LogP contribution in [0.4, 0.5) is 5.82 Å². The van der Waals surface area contributed by atoms with Crippen LogP contribution >= 0.6 is 0 Å². The highest BCUT2D eigenvalue weighted by molar-refractivity contribution is 5.95. The van der Waals surface area contributed by atoms with E-state index in [9.17, 15) is 4.79 Å². The number of carbonyl (C=O) groups is 1. The van der Waals surface area contributed by atoms with Gasteiger partial charge in [-0.2, -0.15) is 0 Å². The molecule has 0 radical (unpaired) electrons. The van der Waals surface area contributed by atoms with Gasteiger partial charge in [-0.25, -0.2) is 4.98 Å². The lowest BCUT2D eigenvalue weighted by Gasteiger charge is -2.20. The summed E-state index contributed by atoms with van der Waals surface area (Å²) in [5.41, 5.74) is 1.71. The van der Waals surface area contributed by atoms with Gasteiger partial charge in [-0.05, 0) is 31.9 Å². The van der Waals surface area contributed by atoms with E-state index in [1.165, 1.54) is 0 Å². The maximum absolute atomic E-state index is 12.5. The predicted octanol–water partition coefficient (Wildman–Crippen LogP) is 2.95. The van der Waals surface area contributed by atoms with E-state index in [0.29, 0.717) is 0 Å². The number of hydrogen-bond acceptors (Lipinski definition) is 3. The van der Waals surface area contributed by atoms with Crippen LogP contribution in [0.15, 0.2) is 12.1 Å². The number of anilines is 1. The molecule has 0 spiro atoms. The number of rotatable bonds is 7. The van der Waals surface area contributed by atoms with Gasteiger partial charge in [0, 0.05) is 31.4 Å². The molecule has 4 nitrogen and oxygen atoms in total. The molecule has 1 aromatic rings. The Balaban J connectivity index is 3.03. The van der Waals surface area contributed by atoms with E-state index in [1.807, 2.05) is 31.0 Å². The topological polar surface area (TPSA) is 45.2 Å². The monoisotopic (exact) mass is 263 g/mol. The average Bonchev–Trinajstić information content (AvgIpc) is 2.44. The zero-order chi connectivity index (χ0) is 14.3. The minimum absolute atomic E-state index is 0.0978. The molecule has 4 heteroatoms. The van der Waals surface area contributed by atoms with Gasteiger partial charge in [-0.1, -0.05) is 20.3 Å². The summed E-state index contributed by atoms with van der Waals surface area (Å²) < 4.78 is 0. The lowest BCUT2D eigenvalue weighted by Crippen LogP contribution is -2.31. The highest BCUT2D eigenvalue weighted by Crippen LogP contribution is 2.14. The summed E-state index contributed by atoms with van der Waals surface area (Å²) in [4.78, 5) is 18.8. The van der Waals surface area contributed by atoms with E-state index in [0.717, 1.165) is 49.4 Å². The molecular weight excluding hydrogens is 238 g/mol. The maximum Gasteiger partial charge on any atom is 0.254 e. The molecule has 0 unspecified atom stereocenters. The summed E-state index contributed by atoms with van der Waals surface area (Å²) in [6, 6.07) is 3.75. The Bertz CT molecular complexity index is 418. The minimum atomic E-state index is 0.0978. The number of amides is 1. The molecule has 0 aromatic carbocycles. The number of hydrogen-bond donors (Lipinski definition) is 1. The van der Waals surface area contributed by atoms with Gasteiger partial charge in [0.2, 0.25) is 0 Å². The molecule has 0 saturated heterocycles. The predicted molar refractivity (Wildman–Crippen MR) is 79.6 cm³/mol. The molecule has 0 atom stereocenters. The van der Waals surface area contributed by atoms with Gasteiger partial charge in [0.25, 0.3) is 5.91 Å². The second kappa shape index (κ2) is 7.77. The smallest absolute Gasteiger partial charge is 0.254 e. The second-order valence-electron chi connectivity index (χ2n) is 4.62. The van der Waals surface area contributed by atoms with Crippen LogP contribution in [0.3, 0.4) is 0 Å². The Labute approximate surface area is 116 Å². The molecule has 106 valence electrons. The number of aromatic nitrogens is 1. The number of aryl methyl sites for hydroxylation is 1. The summed E-state index contributed by atoms with van der Waals surface area (Å²) in [6.07, 6.45) is 2.90. The van der Waals surface area contributed by atoms with Crippen molar-refractivity contribution in [1.82, 2.24) is 9.88 Å². The van der Waals surface area contributed by atoms with Crippen LogP contribution in [0.1, 0.15) is 49.7 Å². The van der Waals surface area contributed by atoms with E-state index < -0.39 is 0 Å². The molecule has 1 rings (SSSR count). The van der Waals surface area contributed by atoms with Crippen LogP contribution in [0, 0.1) is 0 Å². The first-order chi connectivity index (χ1) is 9.15. The standard InChI is InChI=1S/C15H25N3O/c1-5-8-13-10-12(11-14(16-4)17-13)15(19)18(7-3)9-6-2/h10-11H,5-9H2,1-4H3,(H,16,17). The van der Waals surface area contributed by atoms with Crippen LogP contribution < -0.4 is 5.32 Å². The SMILES string of the molecule is CCCc1cc(C(=O)N(CC)CCC)cc(NC)n1. The van der Waals surface area contributed by atoms with Crippen molar-refractivity contribution in [3.63, 3.8) is 0 Å². The van der Waals surface area contributed by atoms with Crippen molar-refractivity contribution in [3.8, 4) is 0 Å². The Kier molecular flexibility index (Phi) is 6.33. The Morgan fingerprint density at radius 3 is 2.53 bits per heavy atom. The van der Waals surface area contributed by atoms with Gasteiger partial charge in [0.1, 0.15) is 5.82 Å². The first-order valence-corrected chi connectivity index (χ1v) is 7.14. The number of nitrogens with zero attached hydrogens (tertiary/aromatic N) is 2. The first-order valence-electron chi connectivity index (χ1n) is 7.14. The number of pyridine rings is 1. The van der Waals surface area contributed by atoms with Crippen LogP contribution in [-0.4, -0.2) is 35.9 Å². The quantitative estimate of drug-likeness (QED) is 0.822. The van der Waals surface area contributed by atoms with Crippen LogP contribution in [0.5, 0.6) is 0 Å². The van der Waals surface area contributed by atoms with Crippen molar-refractivity contribution in [2.75, 3.05) is 25.5 Å². The fourth-order valence-electron chi connectivity index (χ4n) is 2.08. The molecule has 1 amide bonds. The van der Waals surface area contributed by atoms with Crippen molar-refractivity contribution in [2.24, 2.45) is 0 Å². The van der Waals surface area contributed by atoms with E-state index in [4.69, 9.17) is 0 Å². The Morgan fingerprint density at radius 2 is 2.00 bits per heavy atom. The fourth-order valence-corrected chi connectivity index (χ4v) is 2.08. The van der Waals surface area contributed by atoms with E-state index in [2.05, 4.69) is 24.1 Å². The van der Waals surface area contributed by atoms with Crippen molar-refractivity contribution >= 4 is 11.7 Å². The average molecular weight is 263 g/mol.